The van der Waals surface area contributed by atoms with E-state index in [2.05, 4.69) is 5.32 Å². The van der Waals surface area contributed by atoms with E-state index in [0.29, 0.717) is 22.0 Å². The summed E-state index contributed by atoms with van der Waals surface area (Å²) in [5, 5.41) is 3.17. The summed E-state index contributed by atoms with van der Waals surface area (Å²) >= 11 is 5.90. The van der Waals surface area contributed by atoms with Crippen molar-refractivity contribution < 1.29 is 17.9 Å². The summed E-state index contributed by atoms with van der Waals surface area (Å²) < 4.78 is 27.5. The predicted octanol–water partition coefficient (Wildman–Crippen LogP) is 3.46. The van der Waals surface area contributed by atoms with Crippen molar-refractivity contribution >= 4 is 42.9 Å². The molecule has 2 rings (SSSR count). The predicted molar refractivity (Wildman–Crippen MR) is 89.8 cm³/mol. The minimum atomic E-state index is -3.77. The van der Waals surface area contributed by atoms with Gasteiger partial charge in [0, 0.05) is 15.7 Å². The van der Waals surface area contributed by atoms with Gasteiger partial charge >= 0.3 is 0 Å². The van der Waals surface area contributed by atoms with Crippen molar-refractivity contribution in [1.82, 2.24) is 0 Å². The number of halogens is 2. The molecule has 23 heavy (non-hydrogen) atoms. The highest BCUT2D eigenvalue weighted by atomic mass is 35.7. The molecule has 0 heterocycles. The molecule has 1 amide bonds. The van der Waals surface area contributed by atoms with Crippen molar-refractivity contribution in [1.29, 1.82) is 0 Å². The topological polar surface area (TPSA) is 72.5 Å². The summed E-state index contributed by atoms with van der Waals surface area (Å²) in [7, 11) is 2.96. The van der Waals surface area contributed by atoms with Gasteiger partial charge < -0.3 is 10.1 Å². The third-order valence-corrected chi connectivity index (χ3v) is 4.61. The highest BCUT2D eigenvalue weighted by Gasteiger charge is 2.12. The molecule has 0 saturated carbocycles. The number of amides is 1. The van der Waals surface area contributed by atoms with Crippen molar-refractivity contribution in [3.8, 4) is 5.75 Å². The molecule has 8 heteroatoms. The summed E-state index contributed by atoms with van der Waals surface area (Å²) in [5.74, 6) is 0.207. The van der Waals surface area contributed by atoms with E-state index in [-0.39, 0.29) is 17.2 Å². The first-order chi connectivity index (χ1) is 10.8. The third-order valence-electron chi connectivity index (χ3n) is 3.01. The Kier molecular flexibility index (Phi) is 5.51. The zero-order valence-electron chi connectivity index (χ0n) is 12.0. The van der Waals surface area contributed by atoms with Crippen LogP contribution in [0.1, 0.15) is 5.56 Å². The Morgan fingerprint density at radius 1 is 1.17 bits per heavy atom. The molecule has 2 aromatic rings. The van der Waals surface area contributed by atoms with E-state index in [1.165, 1.54) is 31.4 Å². The molecule has 0 aromatic heterocycles. The third kappa shape index (κ3) is 4.86. The average molecular weight is 374 g/mol. The minimum Gasteiger partial charge on any atom is -0.495 e. The largest absolute Gasteiger partial charge is 0.495 e. The first-order valence-corrected chi connectivity index (χ1v) is 9.15. The second kappa shape index (κ2) is 7.21. The van der Waals surface area contributed by atoms with Crippen LogP contribution in [0.5, 0.6) is 5.75 Å². The van der Waals surface area contributed by atoms with Crippen LogP contribution in [0.15, 0.2) is 47.4 Å². The van der Waals surface area contributed by atoms with Gasteiger partial charge in [-0.05, 0) is 35.9 Å². The summed E-state index contributed by atoms with van der Waals surface area (Å²) in [5.41, 5.74) is 1.11. The molecule has 0 radical (unpaired) electrons. The van der Waals surface area contributed by atoms with Crippen molar-refractivity contribution in [3.63, 3.8) is 0 Å². The standard InChI is InChI=1S/C15H13Cl2NO4S/c1-22-14-7-4-11(16)9-13(14)18-15(19)8-10-2-5-12(6-3-10)23(17,20)21/h2-7,9H,8H2,1H3,(H,18,19). The summed E-state index contributed by atoms with van der Waals surface area (Å²) in [6.07, 6.45) is 0.0677. The van der Waals surface area contributed by atoms with Crippen molar-refractivity contribution in [2.75, 3.05) is 12.4 Å². The van der Waals surface area contributed by atoms with E-state index < -0.39 is 9.05 Å². The zero-order valence-corrected chi connectivity index (χ0v) is 14.4. The molecule has 1 N–H and O–H groups in total. The quantitative estimate of drug-likeness (QED) is 0.814. The fraction of sp³-hybridized carbons (Fsp3) is 0.133. The van der Waals surface area contributed by atoms with Crippen molar-refractivity contribution in [2.45, 2.75) is 11.3 Å². The monoisotopic (exact) mass is 373 g/mol. The lowest BCUT2D eigenvalue weighted by molar-refractivity contribution is -0.115. The van der Waals surface area contributed by atoms with Crippen LogP contribution in [0.4, 0.5) is 5.69 Å². The maximum atomic E-state index is 12.1. The molecular weight excluding hydrogens is 361 g/mol. The Morgan fingerprint density at radius 3 is 2.39 bits per heavy atom. The van der Waals surface area contributed by atoms with Crippen molar-refractivity contribution in [2.24, 2.45) is 0 Å². The molecule has 122 valence electrons. The molecule has 2 aromatic carbocycles. The molecule has 0 unspecified atom stereocenters. The molecule has 0 aliphatic rings. The van der Waals surface area contributed by atoms with E-state index in [1.54, 1.807) is 18.2 Å². The van der Waals surface area contributed by atoms with E-state index in [0.717, 1.165) is 0 Å². The van der Waals surface area contributed by atoms with Crippen molar-refractivity contribution in [3.05, 3.63) is 53.1 Å². The second-order valence-corrected chi connectivity index (χ2v) is 7.65. The summed E-state index contributed by atoms with van der Waals surface area (Å²) in [6, 6.07) is 10.7. The van der Waals surface area contributed by atoms with Crippen LogP contribution < -0.4 is 10.1 Å². The number of carbonyl (C=O) groups excluding carboxylic acids is 1. The SMILES string of the molecule is COc1ccc(Cl)cc1NC(=O)Cc1ccc(S(=O)(=O)Cl)cc1. The Labute approximate surface area is 143 Å². The highest BCUT2D eigenvalue weighted by molar-refractivity contribution is 8.13. The van der Waals surface area contributed by atoms with E-state index in [9.17, 15) is 13.2 Å². The lowest BCUT2D eigenvalue weighted by Gasteiger charge is -2.10. The van der Waals surface area contributed by atoms with Gasteiger partial charge in [-0.2, -0.15) is 0 Å². The molecule has 0 aliphatic carbocycles. The van der Waals surface area contributed by atoms with Gasteiger partial charge in [-0.15, -0.1) is 0 Å². The smallest absolute Gasteiger partial charge is 0.261 e. The van der Waals surface area contributed by atoms with Crippen LogP contribution >= 0.6 is 22.3 Å². The maximum absolute atomic E-state index is 12.1. The van der Waals surface area contributed by atoms with Gasteiger partial charge in [-0.1, -0.05) is 23.7 Å². The van der Waals surface area contributed by atoms with E-state index in [4.69, 9.17) is 27.0 Å². The lowest BCUT2D eigenvalue weighted by atomic mass is 10.1. The fourth-order valence-electron chi connectivity index (χ4n) is 1.93. The Bertz CT molecular complexity index is 820. The number of nitrogens with one attached hydrogen (secondary N) is 1. The van der Waals surface area contributed by atoms with E-state index in [1.807, 2.05) is 0 Å². The number of anilines is 1. The summed E-state index contributed by atoms with van der Waals surface area (Å²) in [6.45, 7) is 0. The zero-order chi connectivity index (χ0) is 17.0. The number of carbonyl (C=O) groups is 1. The number of benzene rings is 2. The van der Waals surface area contributed by atoms with Gasteiger partial charge in [0.1, 0.15) is 5.75 Å². The molecule has 0 bridgehead atoms. The van der Waals surface area contributed by atoms with Gasteiger partial charge in [0.15, 0.2) is 0 Å². The van der Waals surface area contributed by atoms with Crippen LogP contribution in [-0.2, 0) is 20.3 Å². The number of hydrogen-bond donors (Lipinski definition) is 1. The van der Waals surface area contributed by atoms with Crippen LogP contribution in [-0.4, -0.2) is 21.4 Å². The number of methoxy groups -OCH3 is 1. The molecule has 0 saturated heterocycles. The van der Waals surface area contributed by atoms with E-state index >= 15 is 0 Å². The van der Waals surface area contributed by atoms with Gasteiger partial charge in [0.05, 0.1) is 24.1 Å². The highest BCUT2D eigenvalue weighted by Crippen LogP contribution is 2.27. The lowest BCUT2D eigenvalue weighted by Crippen LogP contribution is -2.15. The molecule has 0 atom stereocenters. The van der Waals surface area contributed by atoms with Gasteiger partial charge in [-0.25, -0.2) is 8.42 Å². The fourth-order valence-corrected chi connectivity index (χ4v) is 2.87. The Hall–Kier alpha value is -1.76. The number of hydrogen-bond acceptors (Lipinski definition) is 4. The molecule has 5 nitrogen and oxygen atoms in total. The molecule has 0 aliphatic heterocycles. The molecule has 0 spiro atoms. The van der Waals surface area contributed by atoms with Crippen LogP contribution in [0.3, 0.4) is 0 Å². The molecule has 0 fully saturated rings. The Balaban J connectivity index is 2.10. The second-order valence-electron chi connectivity index (χ2n) is 4.65. The average Bonchev–Trinajstić information content (AvgIpc) is 2.47. The van der Waals surface area contributed by atoms with Gasteiger partial charge in [0.25, 0.3) is 9.05 Å². The normalized spacial score (nSPS) is 11.1. The molecular formula is C15H13Cl2NO4S. The number of ether oxygens (including phenoxy) is 1. The van der Waals surface area contributed by atoms with Crippen LogP contribution in [0.2, 0.25) is 5.02 Å². The van der Waals surface area contributed by atoms with Crippen LogP contribution in [0.25, 0.3) is 0 Å². The van der Waals surface area contributed by atoms with Crippen LogP contribution in [0, 0.1) is 0 Å². The Morgan fingerprint density at radius 2 is 1.83 bits per heavy atom. The number of rotatable bonds is 5. The summed E-state index contributed by atoms with van der Waals surface area (Å²) in [4.78, 5) is 12.1. The maximum Gasteiger partial charge on any atom is 0.261 e. The minimum absolute atomic E-state index is 0.0140. The van der Waals surface area contributed by atoms with Gasteiger partial charge in [-0.3, -0.25) is 4.79 Å². The first-order valence-electron chi connectivity index (χ1n) is 6.46. The van der Waals surface area contributed by atoms with Gasteiger partial charge in [0.2, 0.25) is 5.91 Å². The first kappa shape index (κ1) is 17.6.